The predicted molar refractivity (Wildman–Crippen MR) is 96.4 cm³/mol. The van der Waals surface area contributed by atoms with Gasteiger partial charge in [-0.2, -0.15) is 0 Å². The molecule has 0 aromatic heterocycles. The van der Waals surface area contributed by atoms with Gasteiger partial charge in [-0.25, -0.2) is 4.99 Å². The monoisotopic (exact) mass is 392 g/mol. The Kier molecular flexibility index (Phi) is 4.66. The Morgan fingerprint density at radius 2 is 1.86 bits per heavy atom. The zero-order valence-electron chi connectivity index (χ0n) is 11.2. The first-order valence-electron chi connectivity index (χ1n) is 6.41. The van der Waals surface area contributed by atoms with Crippen molar-refractivity contribution < 1.29 is 4.79 Å². The van der Waals surface area contributed by atoms with Gasteiger partial charge in [0, 0.05) is 9.50 Å². The Hall–Kier alpha value is -1.56. The number of carbonyl (C=O) groups excluding carboxylic acids is 1. The molecule has 2 aromatic rings. The molecular weight excluding hydrogens is 384 g/mol. The van der Waals surface area contributed by atoms with Crippen molar-refractivity contribution in [2.75, 3.05) is 0 Å². The van der Waals surface area contributed by atoms with Gasteiger partial charge < -0.3 is 5.32 Å². The van der Waals surface area contributed by atoms with Crippen molar-refractivity contribution in [2.45, 2.75) is 0 Å². The van der Waals surface area contributed by atoms with Crippen LogP contribution in [-0.4, -0.2) is 11.1 Å². The molecule has 1 amide bonds. The summed E-state index contributed by atoms with van der Waals surface area (Å²) >= 11 is 10.6. The lowest BCUT2D eigenvalue weighted by atomic mass is 10.2. The number of benzene rings is 2. The highest BCUT2D eigenvalue weighted by Crippen LogP contribution is 2.30. The minimum Gasteiger partial charge on any atom is -0.300 e. The molecule has 0 saturated carbocycles. The van der Waals surface area contributed by atoms with Crippen LogP contribution >= 0.6 is 39.3 Å². The number of nitrogens with zero attached hydrogens (tertiary/aromatic N) is 1. The van der Waals surface area contributed by atoms with Gasteiger partial charge in [-0.3, -0.25) is 4.79 Å². The van der Waals surface area contributed by atoms with Crippen LogP contribution in [0.5, 0.6) is 0 Å². The number of para-hydroxylation sites is 1. The van der Waals surface area contributed by atoms with Gasteiger partial charge in [0.05, 0.1) is 10.6 Å². The summed E-state index contributed by atoms with van der Waals surface area (Å²) in [5.74, 6) is -0.147. The van der Waals surface area contributed by atoms with E-state index in [4.69, 9.17) is 11.6 Å². The van der Waals surface area contributed by atoms with Crippen molar-refractivity contribution >= 4 is 62.1 Å². The lowest BCUT2D eigenvalue weighted by Gasteiger charge is -1.98. The summed E-state index contributed by atoms with van der Waals surface area (Å²) in [5, 5.41) is 4.01. The molecule has 0 unspecified atom stereocenters. The van der Waals surface area contributed by atoms with Gasteiger partial charge in [-0.15, -0.1) is 0 Å². The Morgan fingerprint density at radius 3 is 2.59 bits per heavy atom. The quantitative estimate of drug-likeness (QED) is 0.730. The van der Waals surface area contributed by atoms with Crippen molar-refractivity contribution in [2.24, 2.45) is 4.99 Å². The van der Waals surface area contributed by atoms with E-state index in [0.29, 0.717) is 15.1 Å². The van der Waals surface area contributed by atoms with Crippen LogP contribution in [0.15, 0.2) is 62.9 Å². The zero-order chi connectivity index (χ0) is 15.5. The first kappa shape index (κ1) is 15.3. The predicted octanol–water partition coefficient (Wildman–Crippen LogP) is 4.99. The highest BCUT2D eigenvalue weighted by molar-refractivity contribution is 9.10. The molecule has 1 N–H and O–H groups in total. The number of amidine groups is 1. The van der Waals surface area contributed by atoms with Crippen molar-refractivity contribution in [1.29, 1.82) is 0 Å². The van der Waals surface area contributed by atoms with Crippen LogP contribution in [0, 0.1) is 0 Å². The molecule has 6 heteroatoms. The molecule has 3 rings (SSSR count). The van der Waals surface area contributed by atoms with Crippen LogP contribution in [0.3, 0.4) is 0 Å². The Balaban J connectivity index is 1.84. The number of thioether (sulfide) groups is 1. The van der Waals surface area contributed by atoms with Crippen molar-refractivity contribution in [1.82, 2.24) is 5.32 Å². The molecule has 0 aliphatic carbocycles. The van der Waals surface area contributed by atoms with E-state index in [1.807, 2.05) is 42.5 Å². The number of hydrogen-bond acceptors (Lipinski definition) is 3. The summed E-state index contributed by atoms with van der Waals surface area (Å²) in [5.41, 5.74) is 1.70. The van der Waals surface area contributed by atoms with Gasteiger partial charge in [0.1, 0.15) is 0 Å². The fraction of sp³-hybridized carbons (Fsp3) is 0. The van der Waals surface area contributed by atoms with Crippen LogP contribution in [0.4, 0.5) is 5.69 Å². The molecule has 1 saturated heterocycles. The Morgan fingerprint density at radius 1 is 1.14 bits per heavy atom. The fourth-order valence-corrected chi connectivity index (χ4v) is 3.18. The second-order valence-electron chi connectivity index (χ2n) is 4.48. The molecule has 3 nitrogen and oxygen atoms in total. The van der Waals surface area contributed by atoms with Gasteiger partial charge in [0.15, 0.2) is 5.17 Å². The molecule has 1 heterocycles. The van der Waals surface area contributed by atoms with Gasteiger partial charge in [-0.1, -0.05) is 35.9 Å². The third-order valence-electron chi connectivity index (χ3n) is 2.89. The molecule has 0 spiro atoms. The summed E-state index contributed by atoms with van der Waals surface area (Å²) in [4.78, 5) is 17.1. The van der Waals surface area contributed by atoms with Crippen LogP contribution in [0.2, 0.25) is 5.02 Å². The third-order valence-corrected chi connectivity index (χ3v) is 4.73. The van der Waals surface area contributed by atoms with Crippen molar-refractivity contribution in [3.8, 4) is 0 Å². The number of hydrogen-bond donors (Lipinski definition) is 1. The minimum atomic E-state index is -0.147. The lowest BCUT2D eigenvalue weighted by molar-refractivity contribution is -0.115. The molecule has 0 radical (unpaired) electrons. The Labute approximate surface area is 145 Å². The maximum Gasteiger partial charge on any atom is 0.264 e. The summed E-state index contributed by atoms with van der Waals surface area (Å²) < 4.78 is 0.882. The number of amides is 1. The molecule has 1 aliphatic rings. The van der Waals surface area contributed by atoms with Crippen LogP contribution in [0.25, 0.3) is 6.08 Å². The molecule has 0 atom stereocenters. The van der Waals surface area contributed by atoms with Crippen LogP contribution in [-0.2, 0) is 4.79 Å². The second-order valence-corrected chi connectivity index (χ2v) is 6.81. The number of aliphatic imine (C=N–C) groups is 1. The maximum absolute atomic E-state index is 12.0. The first-order chi connectivity index (χ1) is 10.6. The van der Waals surface area contributed by atoms with Crippen LogP contribution in [0.1, 0.15) is 5.56 Å². The average Bonchev–Trinajstić information content (AvgIpc) is 2.84. The normalized spacial score (nSPS) is 18.0. The molecule has 0 bridgehead atoms. The molecular formula is C16H10BrClN2OS. The topological polar surface area (TPSA) is 41.5 Å². The van der Waals surface area contributed by atoms with Gasteiger partial charge >= 0.3 is 0 Å². The largest absolute Gasteiger partial charge is 0.300 e. The molecule has 22 heavy (non-hydrogen) atoms. The maximum atomic E-state index is 12.0. The van der Waals surface area contributed by atoms with Gasteiger partial charge in [0.25, 0.3) is 5.91 Å². The molecule has 1 aliphatic heterocycles. The standard InChI is InChI=1S/C16H10BrClN2OS/c17-12-3-1-2-4-13(12)19-16-20-15(21)14(22-16)9-10-5-7-11(18)8-6-10/h1-9H,(H,19,20,21)/b14-9+. The van der Waals surface area contributed by atoms with Gasteiger partial charge in [-0.05, 0) is 63.6 Å². The highest BCUT2D eigenvalue weighted by Gasteiger charge is 2.23. The third kappa shape index (κ3) is 3.61. The van der Waals surface area contributed by atoms with E-state index < -0.39 is 0 Å². The lowest BCUT2D eigenvalue weighted by Crippen LogP contribution is -2.19. The molecule has 110 valence electrons. The number of nitrogens with one attached hydrogen (secondary N) is 1. The van der Waals surface area contributed by atoms with E-state index in [0.717, 1.165) is 15.7 Å². The van der Waals surface area contributed by atoms with Gasteiger partial charge in [0.2, 0.25) is 0 Å². The van der Waals surface area contributed by atoms with E-state index in [9.17, 15) is 4.79 Å². The van der Waals surface area contributed by atoms with E-state index in [-0.39, 0.29) is 5.91 Å². The SMILES string of the molecule is O=C1NC(=Nc2ccccc2Br)S/C1=C/c1ccc(Cl)cc1. The number of rotatable bonds is 2. The van der Waals surface area contributed by atoms with E-state index in [1.54, 1.807) is 12.1 Å². The summed E-state index contributed by atoms with van der Waals surface area (Å²) in [6, 6.07) is 14.9. The Bertz CT molecular complexity index is 787. The fourth-order valence-electron chi connectivity index (χ4n) is 1.84. The highest BCUT2D eigenvalue weighted by atomic mass is 79.9. The number of halogens is 2. The molecule has 1 fully saturated rings. The minimum absolute atomic E-state index is 0.147. The summed E-state index contributed by atoms with van der Waals surface area (Å²) in [6.07, 6.45) is 1.82. The summed E-state index contributed by atoms with van der Waals surface area (Å²) in [7, 11) is 0. The van der Waals surface area contributed by atoms with Crippen LogP contribution < -0.4 is 5.32 Å². The smallest absolute Gasteiger partial charge is 0.264 e. The molecule has 2 aromatic carbocycles. The summed E-state index contributed by atoms with van der Waals surface area (Å²) in [6.45, 7) is 0. The van der Waals surface area contributed by atoms with Crippen molar-refractivity contribution in [3.05, 3.63) is 68.5 Å². The van der Waals surface area contributed by atoms with E-state index in [2.05, 4.69) is 26.2 Å². The zero-order valence-corrected chi connectivity index (χ0v) is 14.4. The van der Waals surface area contributed by atoms with E-state index >= 15 is 0 Å². The average molecular weight is 394 g/mol. The second kappa shape index (κ2) is 6.69. The first-order valence-corrected chi connectivity index (χ1v) is 8.40. The van der Waals surface area contributed by atoms with E-state index in [1.165, 1.54) is 11.8 Å². The van der Waals surface area contributed by atoms with Crippen molar-refractivity contribution in [3.63, 3.8) is 0 Å². The number of carbonyl (C=O) groups is 1.